The number of hydrogen-bond donors (Lipinski definition) is 1. The number of phenolic OH excluding ortho intramolecular Hbond substituents is 1. The van der Waals surface area contributed by atoms with Gasteiger partial charge in [-0.05, 0) is 34.6 Å². The van der Waals surface area contributed by atoms with Crippen LogP contribution < -0.4 is 0 Å². The zero-order valence-electron chi connectivity index (χ0n) is 13.8. The van der Waals surface area contributed by atoms with Crippen LogP contribution in [-0.4, -0.2) is 18.1 Å². The van der Waals surface area contributed by atoms with Gasteiger partial charge in [-0.1, -0.05) is 41.5 Å². The summed E-state index contributed by atoms with van der Waals surface area (Å²) < 4.78 is 5.35. The van der Waals surface area contributed by atoms with E-state index in [1.54, 1.807) is 0 Å². The van der Waals surface area contributed by atoms with Gasteiger partial charge < -0.3 is 9.84 Å². The lowest BCUT2D eigenvalue weighted by molar-refractivity contribution is 0.423. The van der Waals surface area contributed by atoms with Crippen LogP contribution in [-0.2, 0) is 15.6 Å². The van der Waals surface area contributed by atoms with Crippen LogP contribution in [0.1, 0.15) is 58.2 Å². The van der Waals surface area contributed by atoms with Gasteiger partial charge in [0.15, 0.2) is 6.40 Å². The van der Waals surface area contributed by atoms with Crippen LogP contribution in [0.2, 0.25) is 0 Å². The monoisotopic (exact) mass is 287 g/mol. The van der Waals surface area contributed by atoms with Gasteiger partial charge in [0.1, 0.15) is 18.1 Å². The highest BCUT2D eigenvalue weighted by molar-refractivity contribution is 5.63. The predicted octanol–water partition coefficient (Wildman–Crippen LogP) is 4.39. The SMILES string of the molecule is CC(C)(C)c1cc(C=C2CN=CO2)cc(C(C)(C)C)c1O. The second-order valence-corrected chi connectivity index (χ2v) is 7.64. The minimum atomic E-state index is -0.119. The fourth-order valence-corrected chi connectivity index (χ4v) is 2.42. The van der Waals surface area contributed by atoms with Crippen molar-refractivity contribution >= 4 is 12.5 Å². The molecule has 2 rings (SSSR count). The molecule has 1 aromatic rings. The van der Waals surface area contributed by atoms with E-state index in [2.05, 4.69) is 46.5 Å². The topological polar surface area (TPSA) is 41.8 Å². The zero-order chi connectivity index (χ0) is 15.8. The predicted molar refractivity (Wildman–Crippen MR) is 87.9 cm³/mol. The quantitative estimate of drug-likeness (QED) is 0.832. The van der Waals surface area contributed by atoms with Crippen molar-refractivity contribution in [3.63, 3.8) is 0 Å². The lowest BCUT2D eigenvalue weighted by atomic mass is 9.78. The molecular formula is C18H25NO2. The Bertz CT molecular complexity index is 554. The second-order valence-electron chi connectivity index (χ2n) is 7.64. The maximum atomic E-state index is 10.7. The van der Waals surface area contributed by atoms with E-state index in [-0.39, 0.29) is 10.8 Å². The highest BCUT2D eigenvalue weighted by Crippen LogP contribution is 2.40. The summed E-state index contributed by atoms with van der Waals surface area (Å²) in [4.78, 5) is 4.06. The zero-order valence-corrected chi connectivity index (χ0v) is 13.8. The third kappa shape index (κ3) is 3.46. The van der Waals surface area contributed by atoms with E-state index >= 15 is 0 Å². The summed E-state index contributed by atoms with van der Waals surface area (Å²) >= 11 is 0. The highest BCUT2D eigenvalue weighted by atomic mass is 16.5. The molecule has 0 saturated heterocycles. The normalized spacial score (nSPS) is 17.3. The van der Waals surface area contributed by atoms with E-state index in [4.69, 9.17) is 4.74 Å². The summed E-state index contributed by atoms with van der Waals surface area (Å²) in [5.74, 6) is 1.24. The molecule has 1 aliphatic heterocycles. The average molecular weight is 287 g/mol. The van der Waals surface area contributed by atoms with Crippen LogP contribution in [0.4, 0.5) is 0 Å². The Hall–Kier alpha value is -1.77. The molecule has 21 heavy (non-hydrogen) atoms. The summed E-state index contributed by atoms with van der Waals surface area (Å²) in [6.45, 7) is 13.3. The lowest BCUT2D eigenvalue weighted by Gasteiger charge is -2.28. The Balaban J connectivity index is 2.59. The molecule has 0 saturated carbocycles. The molecule has 0 aromatic heterocycles. The van der Waals surface area contributed by atoms with Crippen molar-refractivity contribution in [3.05, 3.63) is 34.6 Å². The van der Waals surface area contributed by atoms with Crippen LogP contribution in [0.15, 0.2) is 22.9 Å². The largest absolute Gasteiger partial charge is 0.507 e. The number of aliphatic imine (C=N–C) groups is 1. The molecule has 0 atom stereocenters. The second kappa shape index (κ2) is 5.21. The Labute approximate surface area is 127 Å². The Kier molecular flexibility index (Phi) is 3.87. The molecule has 1 aromatic carbocycles. The molecule has 0 amide bonds. The van der Waals surface area contributed by atoms with Crippen LogP contribution in [0.25, 0.3) is 6.08 Å². The number of aromatic hydroxyl groups is 1. The number of hydrogen-bond acceptors (Lipinski definition) is 3. The van der Waals surface area contributed by atoms with E-state index in [0.29, 0.717) is 12.3 Å². The molecule has 0 spiro atoms. The molecule has 0 unspecified atom stereocenters. The molecule has 114 valence electrons. The fraction of sp³-hybridized carbons (Fsp3) is 0.500. The van der Waals surface area contributed by atoms with Crippen LogP contribution in [0, 0.1) is 0 Å². The molecule has 1 aliphatic rings. The Morgan fingerprint density at radius 2 is 1.57 bits per heavy atom. The number of phenols is 1. The molecule has 3 nitrogen and oxygen atoms in total. The first-order chi connectivity index (χ1) is 9.59. The number of ether oxygens (including phenoxy) is 1. The number of benzene rings is 1. The van der Waals surface area contributed by atoms with Crippen molar-refractivity contribution in [3.8, 4) is 5.75 Å². The van der Waals surface area contributed by atoms with Crippen molar-refractivity contribution in [2.75, 3.05) is 6.54 Å². The number of nitrogens with zero attached hydrogens (tertiary/aromatic N) is 1. The van der Waals surface area contributed by atoms with Gasteiger partial charge in [0.2, 0.25) is 0 Å². The molecule has 0 radical (unpaired) electrons. The van der Waals surface area contributed by atoms with E-state index in [1.165, 1.54) is 6.40 Å². The van der Waals surface area contributed by atoms with Gasteiger partial charge >= 0.3 is 0 Å². The van der Waals surface area contributed by atoms with Gasteiger partial charge in [0, 0.05) is 11.1 Å². The van der Waals surface area contributed by atoms with E-state index in [9.17, 15) is 5.11 Å². The molecule has 1 N–H and O–H groups in total. The average Bonchev–Trinajstić information content (AvgIpc) is 2.81. The van der Waals surface area contributed by atoms with Crippen molar-refractivity contribution in [1.29, 1.82) is 0 Å². The standard InChI is InChI=1S/C18H25NO2/c1-17(2,3)14-8-12(7-13-10-19-11-21-13)9-15(16(14)20)18(4,5)6/h7-9,11,20H,10H2,1-6H3. The minimum absolute atomic E-state index is 0.119. The van der Waals surface area contributed by atoms with Crippen molar-refractivity contribution in [2.24, 2.45) is 4.99 Å². The van der Waals surface area contributed by atoms with Gasteiger partial charge in [-0.15, -0.1) is 0 Å². The van der Waals surface area contributed by atoms with Crippen molar-refractivity contribution in [2.45, 2.75) is 52.4 Å². The smallest absolute Gasteiger partial charge is 0.176 e. The van der Waals surface area contributed by atoms with Gasteiger partial charge in [0.25, 0.3) is 0 Å². The van der Waals surface area contributed by atoms with E-state index < -0.39 is 0 Å². The Morgan fingerprint density at radius 1 is 1.05 bits per heavy atom. The van der Waals surface area contributed by atoms with Crippen molar-refractivity contribution in [1.82, 2.24) is 0 Å². The number of rotatable bonds is 1. The third-order valence-electron chi connectivity index (χ3n) is 3.60. The summed E-state index contributed by atoms with van der Waals surface area (Å²) in [6, 6.07) is 4.08. The third-order valence-corrected chi connectivity index (χ3v) is 3.60. The van der Waals surface area contributed by atoms with Gasteiger partial charge in [-0.25, -0.2) is 0 Å². The van der Waals surface area contributed by atoms with Crippen LogP contribution in [0.3, 0.4) is 0 Å². The molecule has 1 heterocycles. The Morgan fingerprint density at radius 3 is 1.95 bits per heavy atom. The summed E-state index contributed by atoms with van der Waals surface area (Å²) in [5, 5.41) is 10.7. The van der Waals surface area contributed by atoms with Gasteiger partial charge in [-0.2, -0.15) is 0 Å². The van der Waals surface area contributed by atoms with Crippen molar-refractivity contribution < 1.29 is 9.84 Å². The van der Waals surface area contributed by atoms with Gasteiger partial charge in [0.05, 0.1) is 0 Å². The van der Waals surface area contributed by atoms with Crippen LogP contribution in [0.5, 0.6) is 5.75 Å². The summed E-state index contributed by atoms with van der Waals surface area (Å²) in [6.07, 6.45) is 3.47. The molecule has 0 bridgehead atoms. The maximum Gasteiger partial charge on any atom is 0.176 e. The minimum Gasteiger partial charge on any atom is -0.507 e. The molecular weight excluding hydrogens is 262 g/mol. The first-order valence-electron chi connectivity index (χ1n) is 7.32. The first kappa shape index (κ1) is 15.6. The molecule has 3 heteroatoms. The summed E-state index contributed by atoms with van der Waals surface area (Å²) in [5.41, 5.74) is 2.72. The molecule has 0 fully saturated rings. The summed E-state index contributed by atoms with van der Waals surface area (Å²) in [7, 11) is 0. The van der Waals surface area contributed by atoms with Crippen LogP contribution >= 0.6 is 0 Å². The highest BCUT2D eigenvalue weighted by Gasteiger charge is 2.26. The maximum absolute atomic E-state index is 10.7. The molecule has 0 aliphatic carbocycles. The van der Waals surface area contributed by atoms with E-state index in [0.717, 1.165) is 22.4 Å². The van der Waals surface area contributed by atoms with E-state index in [1.807, 2.05) is 18.2 Å². The fourth-order valence-electron chi connectivity index (χ4n) is 2.42. The first-order valence-corrected chi connectivity index (χ1v) is 7.32. The lowest BCUT2D eigenvalue weighted by Crippen LogP contribution is -2.17. The van der Waals surface area contributed by atoms with Gasteiger partial charge in [-0.3, -0.25) is 4.99 Å².